The van der Waals surface area contributed by atoms with Gasteiger partial charge in [-0.1, -0.05) is 50.3 Å². The lowest BCUT2D eigenvalue weighted by molar-refractivity contribution is -0.111. The van der Waals surface area contributed by atoms with Crippen LogP contribution in [0.4, 0.5) is 0 Å². The molecule has 0 bridgehead atoms. The SMILES string of the molecule is CC1(C)C=Cc2[nH]c3c(c2C=C1)C=CC(C)(C=O)C=C3. The number of rotatable bonds is 1. The lowest BCUT2D eigenvalue weighted by Crippen LogP contribution is -2.09. The number of allylic oxidation sites excluding steroid dienone is 4. The van der Waals surface area contributed by atoms with Crippen LogP contribution in [0.2, 0.25) is 0 Å². The van der Waals surface area contributed by atoms with E-state index < -0.39 is 5.41 Å². The third-order valence-corrected chi connectivity index (χ3v) is 3.97. The fraction of sp³-hybridized carbons (Fsp3) is 0.278. The van der Waals surface area contributed by atoms with E-state index in [1.165, 1.54) is 5.56 Å². The average Bonchev–Trinajstić information content (AvgIpc) is 2.56. The molecule has 1 atom stereocenters. The highest BCUT2D eigenvalue weighted by Crippen LogP contribution is 2.34. The molecule has 0 amide bonds. The van der Waals surface area contributed by atoms with Crippen molar-refractivity contribution < 1.29 is 4.79 Å². The van der Waals surface area contributed by atoms with Crippen molar-refractivity contribution in [2.45, 2.75) is 20.8 Å². The number of carbonyl (C=O) groups excluding carboxylic acids is 1. The highest BCUT2D eigenvalue weighted by atomic mass is 16.1. The first-order chi connectivity index (χ1) is 9.42. The fourth-order valence-electron chi connectivity index (χ4n) is 2.50. The summed E-state index contributed by atoms with van der Waals surface area (Å²) in [5.41, 5.74) is 4.08. The second-order valence-corrected chi connectivity index (χ2v) is 6.42. The molecule has 1 aromatic rings. The van der Waals surface area contributed by atoms with Gasteiger partial charge in [-0.05, 0) is 19.1 Å². The van der Waals surface area contributed by atoms with E-state index in [1.807, 2.05) is 25.2 Å². The van der Waals surface area contributed by atoms with Crippen LogP contribution in [0.15, 0.2) is 24.3 Å². The third-order valence-electron chi connectivity index (χ3n) is 3.97. The number of fused-ring (bicyclic) bond motifs is 3. The van der Waals surface area contributed by atoms with Gasteiger partial charge in [0.2, 0.25) is 0 Å². The van der Waals surface area contributed by atoms with Gasteiger partial charge in [0, 0.05) is 27.9 Å². The normalized spacial score (nSPS) is 25.8. The first kappa shape index (κ1) is 12.9. The standard InChI is InChI=1S/C18H19NO/c1-17(2)8-4-13-14-5-10-18(3,12-20)11-7-16(14)19-15(13)6-9-17/h4-12,19H,1-3H3. The van der Waals surface area contributed by atoms with Crippen molar-refractivity contribution in [3.8, 4) is 0 Å². The van der Waals surface area contributed by atoms with Gasteiger partial charge in [-0.25, -0.2) is 0 Å². The topological polar surface area (TPSA) is 32.9 Å². The summed E-state index contributed by atoms with van der Waals surface area (Å²) < 4.78 is 0. The Morgan fingerprint density at radius 3 is 2.00 bits per heavy atom. The Morgan fingerprint density at radius 1 is 0.850 bits per heavy atom. The minimum atomic E-state index is -0.518. The molecule has 2 heteroatoms. The van der Waals surface area contributed by atoms with Gasteiger partial charge in [0.25, 0.3) is 0 Å². The first-order valence-electron chi connectivity index (χ1n) is 6.92. The van der Waals surface area contributed by atoms with Crippen LogP contribution in [0.25, 0.3) is 24.3 Å². The van der Waals surface area contributed by atoms with Crippen molar-refractivity contribution in [2.24, 2.45) is 10.8 Å². The molecule has 1 N–H and O–H groups in total. The van der Waals surface area contributed by atoms with Gasteiger partial charge in [-0.2, -0.15) is 0 Å². The summed E-state index contributed by atoms with van der Waals surface area (Å²) in [6, 6.07) is 0. The predicted molar refractivity (Wildman–Crippen MR) is 84.9 cm³/mol. The molecule has 3 rings (SSSR count). The largest absolute Gasteiger partial charge is 0.355 e. The van der Waals surface area contributed by atoms with Crippen molar-refractivity contribution in [3.63, 3.8) is 0 Å². The molecule has 0 radical (unpaired) electrons. The van der Waals surface area contributed by atoms with E-state index in [9.17, 15) is 4.79 Å². The summed E-state index contributed by atoms with van der Waals surface area (Å²) >= 11 is 0. The number of aromatic amines is 1. The Kier molecular flexibility index (Phi) is 2.72. The molecule has 2 aliphatic carbocycles. The second kappa shape index (κ2) is 4.20. The Bertz CT molecular complexity index is 683. The molecule has 102 valence electrons. The quantitative estimate of drug-likeness (QED) is 0.753. The van der Waals surface area contributed by atoms with Crippen LogP contribution < -0.4 is 0 Å². The van der Waals surface area contributed by atoms with Gasteiger partial charge in [-0.15, -0.1) is 0 Å². The van der Waals surface area contributed by atoms with Crippen molar-refractivity contribution in [3.05, 3.63) is 46.8 Å². The highest BCUT2D eigenvalue weighted by Gasteiger charge is 2.22. The maximum atomic E-state index is 11.2. The molecule has 0 aliphatic heterocycles. The second-order valence-electron chi connectivity index (χ2n) is 6.42. The fourth-order valence-corrected chi connectivity index (χ4v) is 2.50. The molecule has 0 fully saturated rings. The van der Waals surface area contributed by atoms with Crippen LogP contribution in [0.3, 0.4) is 0 Å². The lowest BCUT2D eigenvalue weighted by atomic mass is 9.92. The zero-order valence-corrected chi connectivity index (χ0v) is 12.1. The predicted octanol–water partition coefficient (Wildman–Crippen LogP) is 4.33. The zero-order chi connectivity index (χ0) is 14.4. The van der Waals surface area contributed by atoms with Gasteiger partial charge < -0.3 is 9.78 Å². The van der Waals surface area contributed by atoms with Crippen LogP contribution in [-0.2, 0) is 4.79 Å². The molecule has 2 nitrogen and oxygen atoms in total. The Balaban J connectivity index is 2.14. The molecular formula is C18H19NO. The zero-order valence-electron chi connectivity index (χ0n) is 12.1. The van der Waals surface area contributed by atoms with E-state index in [-0.39, 0.29) is 5.41 Å². The van der Waals surface area contributed by atoms with Crippen LogP contribution in [0.1, 0.15) is 43.3 Å². The summed E-state index contributed by atoms with van der Waals surface area (Å²) in [5, 5.41) is 0. The minimum absolute atomic E-state index is 0.0638. The molecule has 1 unspecified atom stereocenters. The molecule has 0 aromatic carbocycles. The van der Waals surface area contributed by atoms with Gasteiger partial charge in [0.1, 0.15) is 6.29 Å². The molecule has 0 saturated heterocycles. The molecule has 0 saturated carbocycles. The van der Waals surface area contributed by atoms with E-state index in [2.05, 4.69) is 49.2 Å². The van der Waals surface area contributed by atoms with Crippen LogP contribution in [0.5, 0.6) is 0 Å². The Hall–Kier alpha value is -2.09. The van der Waals surface area contributed by atoms with Gasteiger partial charge >= 0.3 is 0 Å². The van der Waals surface area contributed by atoms with Crippen molar-refractivity contribution in [1.82, 2.24) is 4.98 Å². The number of hydrogen-bond acceptors (Lipinski definition) is 1. The number of aldehydes is 1. The first-order valence-corrected chi connectivity index (χ1v) is 6.92. The Labute approximate surface area is 119 Å². The number of nitrogens with one attached hydrogen (secondary N) is 1. The number of H-pyrrole nitrogens is 1. The maximum Gasteiger partial charge on any atom is 0.133 e. The molecule has 1 heterocycles. The van der Waals surface area contributed by atoms with E-state index in [1.54, 1.807) is 0 Å². The van der Waals surface area contributed by atoms with Crippen molar-refractivity contribution >= 4 is 30.6 Å². The van der Waals surface area contributed by atoms with E-state index >= 15 is 0 Å². The number of carbonyl (C=O) groups is 1. The van der Waals surface area contributed by atoms with Crippen molar-refractivity contribution in [2.75, 3.05) is 0 Å². The average molecular weight is 265 g/mol. The summed E-state index contributed by atoms with van der Waals surface area (Å²) in [5.74, 6) is 0. The highest BCUT2D eigenvalue weighted by molar-refractivity contribution is 5.84. The minimum Gasteiger partial charge on any atom is -0.355 e. The van der Waals surface area contributed by atoms with Crippen molar-refractivity contribution in [1.29, 1.82) is 0 Å². The lowest BCUT2D eigenvalue weighted by Gasteiger charge is -2.12. The monoisotopic (exact) mass is 265 g/mol. The van der Waals surface area contributed by atoms with E-state index in [0.717, 1.165) is 23.2 Å². The van der Waals surface area contributed by atoms with Gasteiger partial charge in [0.05, 0.1) is 5.41 Å². The number of aromatic nitrogens is 1. The molecule has 1 aromatic heterocycles. The summed E-state index contributed by atoms with van der Waals surface area (Å²) in [4.78, 5) is 14.6. The van der Waals surface area contributed by atoms with E-state index in [4.69, 9.17) is 0 Å². The maximum absolute atomic E-state index is 11.2. The Morgan fingerprint density at radius 2 is 1.35 bits per heavy atom. The van der Waals surface area contributed by atoms with Gasteiger partial charge in [-0.3, -0.25) is 0 Å². The van der Waals surface area contributed by atoms with E-state index in [0.29, 0.717) is 0 Å². The van der Waals surface area contributed by atoms with Crippen LogP contribution in [-0.4, -0.2) is 11.3 Å². The summed E-state index contributed by atoms with van der Waals surface area (Å²) in [6.45, 7) is 6.28. The number of hydrogen-bond donors (Lipinski definition) is 1. The summed E-state index contributed by atoms with van der Waals surface area (Å²) in [6.07, 6.45) is 17.7. The van der Waals surface area contributed by atoms with Crippen LogP contribution in [0, 0.1) is 10.8 Å². The smallest absolute Gasteiger partial charge is 0.133 e. The van der Waals surface area contributed by atoms with Gasteiger partial charge in [0.15, 0.2) is 0 Å². The third kappa shape index (κ3) is 2.11. The molecular weight excluding hydrogens is 246 g/mol. The van der Waals surface area contributed by atoms with Crippen LogP contribution >= 0.6 is 0 Å². The molecule has 20 heavy (non-hydrogen) atoms. The summed E-state index contributed by atoms with van der Waals surface area (Å²) in [7, 11) is 0. The molecule has 0 spiro atoms. The molecule has 2 aliphatic rings.